The van der Waals surface area contributed by atoms with Crippen LogP contribution >= 0.6 is 23.4 Å². The molecule has 9 nitrogen and oxygen atoms in total. The monoisotopic (exact) mass is 581 g/mol. The summed E-state index contributed by atoms with van der Waals surface area (Å²) in [5, 5.41) is 14.5. The van der Waals surface area contributed by atoms with Crippen molar-refractivity contribution in [2.24, 2.45) is 5.92 Å². The maximum absolute atomic E-state index is 13.0. The molecule has 14 heteroatoms. The number of rotatable bonds is 7. The zero-order chi connectivity index (χ0) is 28.9. The number of nitrogens with one attached hydrogen (secondary N) is 2. The van der Waals surface area contributed by atoms with Gasteiger partial charge >= 0.3 is 18.1 Å². The van der Waals surface area contributed by atoms with E-state index in [4.69, 9.17) is 16.3 Å². The van der Waals surface area contributed by atoms with Crippen LogP contribution < -0.4 is 10.6 Å². The Labute approximate surface area is 229 Å². The Balaban J connectivity index is 1.90. The van der Waals surface area contributed by atoms with Gasteiger partial charge in [0.1, 0.15) is 5.92 Å². The average molecular weight is 582 g/mol. The number of hydrogen-bond acceptors (Lipinski definition) is 8. The van der Waals surface area contributed by atoms with E-state index in [0.717, 1.165) is 31.0 Å². The average Bonchev–Trinajstić information content (AvgIpc) is 2.91. The van der Waals surface area contributed by atoms with Gasteiger partial charge in [0.15, 0.2) is 0 Å². The number of anilines is 1. The molecular weight excluding hydrogens is 563 g/mol. The molecule has 2 amide bonds. The fourth-order valence-corrected chi connectivity index (χ4v) is 4.76. The van der Waals surface area contributed by atoms with Gasteiger partial charge < -0.3 is 20.1 Å². The van der Waals surface area contributed by atoms with Crippen molar-refractivity contribution in [1.29, 1.82) is 5.26 Å². The van der Waals surface area contributed by atoms with Crippen molar-refractivity contribution in [3.63, 3.8) is 0 Å². The summed E-state index contributed by atoms with van der Waals surface area (Å²) in [4.78, 5) is 49.7. The predicted molar refractivity (Wildman–Crippen MR) is 134 cm³/mol. The van der Waals surface area contributed by atoms with Crippen LogP contribution in [0.2, 0.25) is 5.02 Å². The Kier molecular flexibility index (Phi) is 9.26. The quantitative estimate of drug-likeness (QED) is 0.366. The van der Waals surface area contributed by atoms with E-state index in [9.17, 15) is 37.6 Å². The predicted octanol–water partition coefficient (Wildman–Crippen LogP) is 4.26. The number of ether oxygens (including phenoxy) is 2. The molecule has 0 unspecified atom stereocenters. The number of carbonyl (C=O) groups excluding carboxylic acids is 4. The molecule has 3 rings (SSSR count). The molecule has 0 spiro atoms. The fourth-order valence-electron chi connectivity index (χ4n) is 3.75. The number of allylic oxidation sites excluding steroid dienone is 1. The van der Waals surface area contributed by atoms with Gasteiger partial charge in [-0.15, -0.1) is 0 Å². The summed E-state index contributed by atoms with van der Waals surface area (Å²) in [6.45, 7) is 0. The van der Waals surface area contributed by atoms with Gasteiger partial charge in [0.05, 0.1) is 58.5 Å². The summed E-state index contributed by atoms with van der Waals surface area (Å²) in [7, 11) is 2.28. The van der Waals surface area contributed by atoms with Gasteiger partial charge in [-0.25, -0.2) is 4.79 Å². The van der Waals surface area contributed by atoms with E-state index in [0.29, 0.717) is 11.6 Å². The van der Waals surface area contributed by atoms with Crippen LogP contribution in [0, 0.1) is 17.2 Å². The number of benzene rings is 2. The van der Waals surface area contributed by atoms with Crippen LogP contribution in [0.4, 0.5) is 18.9 Å². The zero-order valence-corrected chi connectivity index (χ0v) is 21.8. The SMILES string of the molecule is COC(=O)c1ccc([C@H]2C(C#N)=C(SCC(=O)Nc3cc(C(F)(F)F)ccc3Cl)NC(=O)[C@H]2C(=O)OC)cc1. The van der Waals surface area contributed by atoms with E-state index in [1.54, 1.807) is 0 Å². The van der Waals surface area contributed by atoms with Gasteiger partial charge in [0, 0.05) is 5.92 Å². The van der Waals surface area contributed by atoms with Crippen molar-refractivity contribution in [2.75, 3.05) is 25.3 Å². The highest BCUT2D eigenvalue weighted by Crippen LogP contribution is 2.40. The molecule has 1 heterocycles. The second-order valence-electron chi connectivity index (χ2n) is 7.97. The number of amides is 2. The maximum Gasteiger partial charge on any atom is 0.416 e. The first-order chi connectivity index (χ1) is 18.4. The number of methoxy groups -OCH3 is 2. The second-order valence-corrected chi connectivity index (χ2v) is 9.36. The van der Waals surface area contributed by atoms with Crippen molar-refractivity contribution >= 4 is 52.8 Å². The molecule has 0 saturated heterocycles. The zero-order valence-electron chi connectivity index (χ0n) is 20.2. The minimum atomic E-state index is -4.65. The normalized spacial score (nSPS) is 17.1. The molecule has 0 aromatic heterocycles. The summed E-state index contributed by atoms with van der Waals surface area (Å²) in [5.74, 6) is -6.09. The number of hydrogen-bond donors (Lipinski definition) is 2. The summed E-state index contributed by atoms with van der Waals surface area (Å²) >= 11 is 6.65. The molecule has 0 fully saturated rings. The van der Waals surface area contributed by atoms with E-state index >= 15 is 0 Å². The number of alkyl halides is 3. The van der Waals surface area contributed by atoms with Gasteiger partial charge in [0.2, 0.25) is 11.8 Å². The Morgan fingerprint density at radius 1 is 1.13 bits per heavy atom. The Morgan fingerprint density at radius 3 is 2.36 bits per heavy atom. The molecule has 204 valence electrons. The van der Waals surface area contributed by atoms with Gasteiger partial charge in [-0.3, -0.25) is 14.4 Å². The van der Waals surface area contributed by atoms with Crippen LogP contribution in [0.15, 0.2) is 53.1 Å². The van der Waals surface area contributed by atoms with Gasteiger partial charge in [-0.05, 0) is 35.9 Å². The Hall–Kier alpha value is -4.02. The molecule has 0 bridgehead atoms. The van der Waals surface area contributed by atoms with Crippen molar-refractivity contribution in [2.45, 2.75) is 12.1 Å². The number of esters is 2. The molecule has 1 aliphatic rings. The molecular formula is C25H19ClF3N3O6S. The summed E-state index contributed by atoms with van der Waals surface area (Å²) in [6, 6.07) is 10.1. The van der Waals surface area contributed by atoms with Crippen LogP contribution in [0.1, 0.15) is 27.4 Å². The molecule has 0 saturated carbocycles. The molecule has 2 aromatic rings. The Morgan fingerprint density at radius 2 is 1.79 bits per heavy atom. The van der Waals surface area contributed by atoms with Crippen LogP contribution in [0.3, 0.4) is 0 Å². The number of carbonyl (C=O) groups is 4. The van der Waals surface area contributed by atoms with Crippen LogP contribution in [0.25, 0.3) is 0 Å². The highest BCUT2D eigenvalue weighted by molar-refractivity contribution is 8.03. The lowest BCUT2D eigenvalue weighted by Crippen LogP contribution is -2.44. The fraction of sp³-hybridized carbons (Fsp3) is 0.240. The van der Waals surface area contributed by atoms with Gasteiger partial charge in [-0.1, -0.05) is 35.5 Å². The van der Waals surface area contributed by atoms with Crippen LogP contribution in [0.5, 0.6) is 0 Å². The van der Waals surface area contributed by atoms with Crippen molar-refractivity contribution < 1.29 is 41.8 Å². The van der Waals surface area contributed by atoms with Crippen LogP contribution in [-0.4, -0.2) is 43.7 Å². The third-order valence-electron chi connectivity index (χ3n) is 5.59. The molecule has 0 radical (unpaired) electrons. The first-order valence-electron chi connectivity index (χ1n) is 10.9. The summed E-state index contributed by atoms with van der Waals surface area (Å²) in [5.41, 5.74) is -0.820. The van der Waals surface area contributed by atoms with Crippen molar-refractivity contribution in [1.82, 2.24) is 5.32 Å². The minimum absolute atomic E-state index is 0.0324. The number of nitrogens with zero attached hydrogens (tertiary/aromatic N) is 1. The topological polar surface area (TPSA) is 135 Å². The van der Waals surface area contributed by atoms with E-state index in [1.165, 1.54) is 31.4 Å². The smallest absolute Gasteiger partial charge is 0.416 e. The third kappa shape index (κ3) is 6.71. The van der Waals surface area contributed by atoms with Crippen LogP contribution in [-0.2, 0) is 30.0 Å². The van der Waals surface area contributed by atoms with Crippen molar-refractivity contribution in [3.8, 4) is 6.07 Å². The van der Waals surface area contributed by atoms with E-state index in [2.05, 4.69) is 15.4 Å². The number of nitriles is 1. The second kappa shape index (κ2) is 12.2. The summed E-state index contributed by atoms with van der Waals surface area (Å²) < 4.78 is 48.5. The molecule has 1 aliphatic heterocycles. The molecule has 39 heavy (non-hydrogen) atoms. The lowest BCUT2D eigenvalue weighted by atomic mass is 9.78. The number of thioether (sulfide) groups is 1. The first-order valence-corrected chi connectivity index (χ1v) is 12.3. The lowest BCUT2D eigenvalue weighted by molar-refractivity contribution is -0.150. The maximum atomic E-state index is 13.0. The van der Waals surface area contributed by atoms with Crippen molar-refractivity contribution in [3.05, 3.63) is 74.8 Å². The molecule has 2 aromatic carbocycles. The van der Waals surface area contributed by atoms with E-state index in [1.807, 2.05) is 6.07 Å². The lowest BCUT2D eigenvalue weighted by Gasteiger charge is -2.31. The number of halogens is 4. The molecule has 2 N–H and O–H groups in total. The highest BCUT2D eigenvalue weighted by atomic mass is 35.5. The largest absolute Gasteiger partial charge is 0.468 e. The van der Waals surface area contributed by atoms with E-state index < -0.39 is 53.1 Å². The summed E-state index contributed by atoms with van der Waals surface area (Å²) in [6.07, 6.45) is -4.65. The van der Waals surface area contributed by atoms with Gasteiger partial charge in [0.25, 0.3) is 0 Å². The van der Waals surface area contributed by atoms with Gasteiger partial charge in [-0.2, -0.15) is 18.4 Å². The highest BCUT2D eigenvalue weighted by Gasteiger charge is 2.44. The third-order valence-corrected chi connectivity index (χ3v) is 6.94. The minimum Gasteiger partial charge on any atom is -0.468 e. The molecule has 2 atom stereocenters. The molecule has 0 aliphatic carbocycles. The standard InChI is InChI=1S/C25H19ClF3N3O6S/c1-37-23(35)13-5-3-12(4-6-13)19-15(10-30)22(32-21(34)20(19)24(36)38-2)39-11-18(33)31-17-9-14(25(27,28)29)7-8-16(17)26/h3-9,19-20H,11H2,1-2H3,(H,31,33)(H,32,34)/t19-,20-/m0/s1. The first kappa shape index (κ1) is 29.5. The Bertz CT molecular complexity index is 1390. The van der Waals surface area contributed by atoms with E-state index in [-0.39, 0.29) is 26.9 Å².